The summed E-state index contributed by atoms with van der Waals surface area (Å²) >= 11 is 1.56. The van der Waals surface area contributed by atoms with Crippen LogP contribution in [-0.2, 0) is 14.8 Å². The van der Waals surface area contributed by atoms with Crippen LogP contribution >= 0.6 is 11.8 Å². The van der Waals surface area contributed by atoms with Gasteiger partial charge in [0.05, 0.1) is 11.3 Å². The molecule has 1 amide bonds. The van der Waals surface area contributed by atoms with E-state index >= 15 is 0 Å². The van der Waals surface area contributed by atoms with Gasteiger partial charge in [0, 0.05) is 23.0 Å². The molecule has 5 rings (SSSR count). The molecule has 6 nitrogen and oxygen atoms in total. The standard InChI is InChI=1S/C26H23N3O3S2/c1-17-8-13-22(15-18(17)2)29-24(30)16-33-26(29)20-9-11-21(12-10-20)28-34(31,32)23-7-3-5-19-6-4-14-27-25(19)23/h3-15,26,28H,16H2,1-2H3/t26-/m0/s1. The van der Waals surface area contributed by atoms with Crippen molar-refractivity contribution in [1.82, 2.24) is 4.98 Å². The van der Waals surface area contributed by atoms with Crippen molar-refractivity contribution in [2.45, 2.75) is 24.1 Å². The number of thioether (sulfide) groups is 1. The molecule has 0 saturated carbocycles. The van der Waals surface area contributed by atoms with Crippen molar-refractivity contribution in [3.8, 4) is 0 Å². The Kier molecular flexibility index (Phi) is 5.79. The van der Waals surface area contributed by atoms with Gasteiger partial charge in [-0.05, 0) is 66.9 Å². The average Bonchev–Trinajstić information content (AvgIpc) is 3.22. The van der Waals surface area contributed by atoms with Gasteiger partial charge in [0.2, 0.25) is 5.91 Å². The van der Waals surface area contributed by atoms with Crippen LogP contribution < -0.4 is 9.62 Å². The second kappa shape index (κ2) is 8.77. The number of benzene rings is 3. The number of para-hydroxylation sites is 1. The smallest absolute Gasteiger partial charge is 0.264 e. The second-order valence-electron chi connectivity index (χ2n) is 8.25. The number of sulfonamides is 1. The van der Waals surface area contributed by atoms with Gasteiger partial charge in [0.15, 0.2) is 0 Å². The van der Waals surface area contributed by atoms with E-state index in [1.54, 1.807) is 48.3 Å². The van der Waals surface area contributed by atoms with Crippen LogP contribution in [0, 0.1) is 13.8 Å². The highest BCUT2D eigenvalue weighted by Crippen LogP contribution is 2.42. The Morgan fingerprint density at radius 2 is 1.74 bits per heavy atom. The van der Waals surface area contributed by atoms with Crippen LogP contribution in [0.1, 0.15) is 22.1 Å². The number of hydrogen-bond donors (Lipinski definition) is 1. The minimum atomic E-state index is -3.83. The number of hydrogen-bond acceptors (Lipinski definition) is 5. The molecule has 1 aliphatic rings. The minimum absolute atomic E-state index is 0.0616. The van der Waals surface area contributed by atoms with Crippen LogP contribution in [0.3, 0.4) is 0 Å². The number of aromatic nitrogens is 1. The number of carbonyl (C=O) groups excluding carboxylic acids is 1. The summed E-state index contributed by atoms with van der Waals surface area (Å²) in [6, 6.07) is 21.9. The molecule has 1 N–H and O–H groups in total. The molecule has 1 fully saturated rings. The van der Waals surface area contributed by atoms with E-state index in [2.05, 4.69) is 9.71 Å². The van der Waals surface area contributed by atoms with E-state index in [9.17, 15) is 13.2 Å². The van der Waals surface area contributed by atoms with Gasteiger partial charge in [-0.15, -0.1) is 11.8 Å². The first-order chi connectivity index (χ1) is 16.3. The highest BCUT2D eigenvalue weighted by atomic mass is 32.2. The molecule has 8 heteroatoms. The van der Waals surface area contributed by atoms with Gasteiger partial charge < -0.3 is 0 Å². The van der Waals surface area contributed by atoms with Crippen LogP contribution in [0.2, 0.25) is 0 Å². The van der Waals surface area contributed by atoms with Crippen molar-refractivity contribution in [3.05, 3.63) is 95.7 Å². The van der Waals surface area contributed by atoms with Gasteiger partial charge >= 0.3 is 0 Å². The monoisotopic (exact) mass is 489 g/mol. The first-order valence-corrected chi connectivity index (χ1v) is 13.3. The number of amides is 1. The fourth-order valence-electron chi connectivity index (χ4n) is 4.04. The Morgan fingerprint density at radius 3 is 2.50 bits per heavy atom. The maximum Gasteiger partial charge on any atom is 0.264 e. The largest absolute Gasteiger partial charge is 0.295 e. The number of pyridine rings is 1. The van der Waals surface area contributed by atoms with E-state index in [4.69, 9.17) is 0 Å². The third-order valence-electron chi connectivity index (χ3n) is 5.97. The van der Waals surface area contributed by atoms with Gasteiger partial charge in [-0.3, -0.25) is 19.4 Å². The molecule has 0 bridgehead atoms. The Labute approximate surface area is 203 Å². The van der Waals surface area contributed by atoms with Crippen LogP contribution in [0.5, 0.6) is 0 Å². The molecule has 1 aliphatic heterocycles. The van der Waals surface area contributed by atoms with Crippen molar-refractivity contribution in [2.75, 3.05) is 15.4 Å². The maximum atomic E-state index is 13.1. The lowest BCUT2D eigenvalue weighted by Gasteiger charge is -2.25. The Balaban J connectivity index is 1.41. The van der Waals surface area contributed by atoms with E-state index in [0.717, 1.165) is 22.2 Å². The van der Waals surface area contributed by atoms with Crippen molar-refractivity contribution in [2.24, 2.45) is 0 Å². The summed E-state index contributed by atoms with van der Waals surface area (Å²) in [6.45, 7) is 4.08. The predicted octanol–water partition coefficient (Wildman–Crippen LogP) is 5.43. The lowest BCUT2D eigenvalue weighted by Crippen LogP contribution is -2.27. The van der Waals surface area contributed by atoms with E-state index in [-0.39, 0.29) is 16.2 Å². The number of anilines is 2. The predicted molar refractivity (Wildman–Crippen MR) is 138 cm³/mol. The highest BCUT2D eigenvalue weighted by molar-refractivity contribution is 8.00. The number of nitrogens with one attached hydrogen (secondary N) is 1. The molecule has 0 spiro atoms. The van der Waals surface area contributed by atoms with Gasteiger partial charge in [-0.25, -0.2) is 8.42 Å². The molecular formula is C26H23N3O3S2. The number of carbonyl (C=O) groups is 1. The number of rotatable bonds is 5. The molecule has 1 atom stereocenters. The van der Waals surface area contributed by atoms with Crippen molar-refractivity contribution < 1.29 is 13.2 Å². The summed E-state index contributed by atoms with van der Waals surface area (Å²) in [4.78, 5) is 18.9. The molecule has 34 heavy (non-hydrogen) atoms. The molecule has 2 heterocycles. The summed E-state index contributed by atoms with van der Waals surface area (Å²) in [5.74, 6) is 0.464. The topological polar surface area (TPSA) is 79.4 Å². The number of fused-ring (bicyclic) bond motifs is 1. The molecule has 172 valence electrons. The summed E-state index contributed by atoms with van der Waals surface area (Å²) in [5.41, 5.74) is 4.99. The van der Waals surface area contributed by atoms with Gasteiger partial charge in [0.1, 0.15) is 10.3 Å². The van der Waals surface area contributed by atoms with Crippen LogP contribution in [0.15, 0.2) is 83.9 Å². The van der Waals surface area contributed by atoms with Crippen LogP contribution in [-0.4, -0.2) is 25.1 Å². The van der Waals surface area contributed by atoms with Gasteiger partial charge in [0.25, 0.3) is 10.0 Å². The fraction of sp³-hybridized carbons (Fsp3) is 0.154. The Hall–Kier alpha value is -3.36. The van der Waals surface area contributed by atoms with E-state index in [1.807, 2.05) is 61.2 Å². The quantitative estimate of drug-likeness (QED) is 0.404. The molecule has 0 aliphatic carbocycles. The molecular weight excluding hydrogens is 466 g/mol. The highest BCUT2D eigenvalue weighted by Gasteiger charge is 2.34. The molecule has 0 radical (unpaired) electrons. The van der Waals surface area contributed by atoms with E-state index in [1.165, 1.54) is 5.56 Å². The van der Waals surface area contributed by atoms with Gasteiger partial charge in [-0.1, -0.05) is 36.4 Å². The first kappa shape index (κ1) is 22.4. The van der Waals surface area contributed by atoms with Gasteiger partial charge in [-0.2, -0.15) is 0 Å². The van der Waals surface area contributed by atoms with Crippen molar-refractivity contribution in [3.63, 3.8) is 0 Å². The zero-order valence-corrected chi connectivity index (χ0v) is 20.4. The lowest BCUT2D eigenvalue weighted by atomic mass is 10.1. The number of aryl methyl sites for hydroxylation is 2. The summed E-state index contributed by atoms with van der Waals surface area (Å²) < 4.78 is 28.8. The van der Waals surface area contributed by atoms with Crippen LogP contribution in [0.25, 0.3) is 10.9 Å². The first-order valence-electron chi connectivity index (χ1n) is 10.8. The third kappa shape index (κ3) is 4.15. The zero-order chi connectivity index (χ0) is 23.9. The molecule has 1 saturated heterocycles. The minimum Gasteiger partial charge on any atom is -0.295 e. The van der Waals surface area contributed by atoms with Crippen molar-refractivity contribution in [1.29, 1.82) is 0 Å². The molecule has 3 aromatic carbocycles. The van der Waals surface area contributed by atoms with Crippen LogP contribution in [0.4, 0.5) is 11.4 Å². The third-order valence-corrected chi connectivity index (χ3v) is 8.60. The maximum absolute atomic E-state index is 13.1. The SMILES string of the molecule is Cc1ccc(N2C(=O)CS[C@H]2c2ccc(NS(=O)(=O)c3cccc4cccnc34)cc2)cc1C. The molecule has 4 aromatic rings. The Morgan fingerprint density at radius 1 is 0.971 bits per heavy atom. The van der Waals surface area contributed by atoms with Crippen molar-refractivity contribution >= 4 is 50.0 Å². The lowest BCUT2D eigenvalue weighted by molar-refractivity contribution is -0.115. The number of nitrogens with zero attached hydrogens (tertiary/aromatic N) is 2. The summed E-state index contributed by atoms with van der Waals surface area (Å²) in [5, 5.41) is 0.595. The molecule has 0 unspecified atom stereocenters. The second-order valence-corrected chi connectivity index (χ2v) is 11.0. The normalized spacial score (nSPS) is 16.2. The molecule has 1 aromatic heterocycles. The Bertz CT molecular complexity index is 1500. The zero-order valence-electron chi connectivity index (χ0n) is 18.7. The van der Waals surface area contributed by atoms with E-state index in [0.29, 0.717) is 17.0 Å². The van der Waals surface area contributed by atoms with E-state index < -0.39 is 10.0 Å². The summed E-state index contributed by atoms with van der Waals surface area (Å²) in [6.07, 6.45) is 1.58. The fourth-order valence-corrected chi connectivity index (χ4v) is 6.46. The summed E-state index contributed by atoms with van der Waals surface area (Å²) in [7, 11) is -3.83. The average molecular weight is 490 g/mol.